The van der Waals surface area contributed by atoms with Gasteiger partial charge in [-0.15, -0.1) is 0 Å². The van der Waals surface area contributed by atoms with E-state index in [9.17, 15) is 8.42 Å². The van der Waals surface area contributed by atoms with Crippen LogP contribution in [0.25, 0.3) is 0 Å². The molecule has 0 aliphatic carbocycles. The number of rotatable bonds is 4. The van der Waals surface area contributed by atoms with E-state index in [2.05, 4.69) is 4.98 Å². The molecule has 0 aliphatic heterocycles. The van der Waals surface area contributed by atoms with E-state index >= 15 is 0 Å². The van der Waals surface area contributed by atoms with Crippen molar-refractivity contribution < 1.29 is 12.6 Å². The van der Waals surface area contributed by atoms with Gasteiger partial charge in [0, 0.05) is 6.20 Å². The second kappa shape index (κ2) is 6.58. The largest absolute Gasteiger partial charge is 0.360 e. The smallest absolute Gasteiger partial charge is 0.314 e. The van der Waals surface area contributed by atoms with Crippen LogP contribution in [0.2, 0.25) is 20.1 Å². The third kappa shape index (κ3) is 4.63. The van der Waals surface area contributed by atoms with Crippen molar-refractivity contribution in [1.82, 2.24) is 4.98 Å². The topological polar surface area (TPSA) is 56.3 Å². The van der Waals surface area contributed by atoms with E-state index in [4.69, 9.17) is 50.6 Å². The van der Waals surface area contributed by atoms with Crippen LogP contribution in [0, 0.1) is 0 Å². The van der Waals surface area contributed by atoms with Gasteiger partial charge >= 0.3 is 10.1 Å². The zero-order valence-corrected chi connectivity index (χ0v) is 14.0. The average molecular weight is 387 g/mol. The maximum absolute atomic E-state index is 12.0. The lowest BCUT2D eigenvalue weighted by atomic mass is 10.2. The summed E-state index contributed by atoms with van der Waals surface area (Å²) in [6.07, 6.45) is 1.23. The van der Waals surface area contributed by atoms with Crippen molar-refractivity contribution in [2.45, 2.75) is 5.75 Å². The molecule has 0 unspecified atom stereocenters. The quantitative estimate of drug-likeness (QED) is 0.720. The maximum atomic E-state index is 12.0. The highest BCUT2D eigenvalue weighted by molar-refractivity contribution is 7.86. The van der Waals surface area contributed by atoms with Gasteiger partial charge in [-0.2, -0.15) is 8.42 Å². The Morgan fingerprint density at radius 1 is 1.00 bits per heavy atom. The minimum Gasteiger partial charge on any atom is -0.360 e. The molecular weight excluding hydrogens is 380 g/mol. The summed E-state index contributed by atoms with van der Waals surface area (Å²) < 4.78 is 28.8. The monoisotopic (exact) mass is 385 g/mol. The van der Waals surface area contributed by atoms with Crippen molar-refractivity contribution in [3.63, 3.8) is 0 Å². The van der Waals surface area contributed by atoms with Gasteiger partial charge in [0.2, 0.25) is 0 Å². The van der Waals surface area contributed by atoms with Crippen LogP contribution >= 0.6 is 46.4 Å². The number of pyridine rings is 1. The van der Waals surface area contributed by atoms with Crippen LogP contribution in [0.5, 0.6) is 5.88 Å². The summed E-state index contributed by atoms with van der Waals surface area (Å²) in [6.45, 7) is 0. The number of hydrogen-bond acceptors (Lipinski definition) is 4. The molecule has 0 spiro atoms. The average Bonchev–Trinajstić information content (AvgIpc) is 2.37. The van der Waals surface area contributed by atoms with E-state index < -0.39 is 15.9 Å². The molecule has 0 radical (unpaired) electrons. The van der Waals surface area contributed by atoms with Gasteiger partial charge in [-0.3, -0.25) is 0 Å². The summed E-state index contributed by atoms with van der Waals surface area (Å²) in [4.78, 5) is 3.72. The van der Waals surface area contributed by atoms with Crippen LogP contribution in [0.3, 0.4) is 0 Å². The molecular formula is C12H7Cl4NO3S. The Balaban J connectivity index is 2.20. The summed E-state index contributed by atoms with van der Waals surface area (Å²) in [6, 6.07) is 5.82. The highest BCUT2D eigenvalue weighted by Gasteiger charge is 2.18. The summed E-state index contributed by atoms with van der Waals surface area (Å²) >= 11 is 23.1. The lowest BCUT2D eigenvalue weighted by Crippen LogP contribution is -2.13. The first-order valence-corrected chi connectivity index (χ1v) is 8.53. The fourth-order valence-corrected chi connectivity index (χ4v) is 3.25. The molecule has 4 nitrogen and oxygen atoms in total. The van der Waals surface area contributed by atoms with Gasteiger partial charge in [-0.05, 0) is 23.8 Å². The van der Waals surface area contributed by atoms with E-state index in [0.717, 1.165) is 0 Å². The molecule has 21 heavy (non-hydrogen) atoms. The Morgan fingerprint density at radius 2 is 1.71 bits per heavy atom. The zero-order valence-electron chi connectivity index (χ0n) is 10.2. The number of benzene rings is 1. The third-order valence-electron chi connectivity index (χ3n) is 2.31. The van der Waals surface area contributed by atoms with Gasteiger partial charge in [-0.1, -0.05) is 52.5 Å². The molecule has 1 aromatic carbocycles. The first-order chi connectivity index (χ1) is 9.77. The fraction of sp³-hybridized carbons (Fsp3) is 0.0833. The minimum absolute atomic E-state index is 0.000198. The number of aromatic nitrogens is 1. The van der Waals surface area contributed by atoms with Crippen molar-refractivity contribution in [3.8, 4) is 5.88 Å². The molecule has 1 aromatic heterocycles. The summed E-state index contributed by atoms with van der Waals surface area (Å²) in [5, 5.41) is 0.864. The Labute approximate surface area is 141 Å². The molecule has 0 saturated heterocycles. The fourth-order valence-electron chi connectivity index (χ4n) is 1.45. The molecule has 1 heterocycles. The van der Waals surface area contributed by atoms with E-state index in [1.54, 1.807) is 0 Å². The molecule has 0 atom stereocenters. The Bertz CT molecular complexity index is 780. The number of hydrogen-bond donors (Lipinski definition) is 0. The van der Waals surface area contributed by atoms with Crippen LogP contribution < -0.4 is 4.18 Å². The second-order valence-electron chi connectivity index (χ2n) is 3.97. The van der Waals surface area contributed by atoms with Crippen LogP contribution in [-0.2, 0) is 15.9 Å². The van der Waals surface area contributed by atoms with Crippen molar-refractivity contribution in [2.75, 3.05) is 0 Å². The molecule has 2 rings (SSSR count). The van der Waals surface area contributed by atoms with Crippen molar-refractivity contribution in [2.24, 2.45) is 0 Å². The van der Waals surface area contributed by atoms with E-state index in [-0.39, 0.29) is 20.9 Å². The molecule has 2 aromatic rings. The van der Waals surface area contributed by atoms with Crippen molar-refractivity contribution in [3.05, 3.63) is 56.1 Å². The van der Waals surface area contributed by atoms with Gasteiger partial charge in [0.05, 0.1) is 15.1 Å². The van der Waals surface area contributed by atoms with Gasteiger partial charge in [0.25, 0.3) is 5.88 Å². The van der Waals surface area contributed by atoms with Gasteiger partial charge in [0.1, 0.15) is 10.8 Å². The first kappa shape index (κ1) is 16.6. The summed E-state index contributed by atoms with van der Waals surface area (Å²) in [5.41, 5.74) is 0.425. The van der Waals surface area contributed by atoms with Crippen molar-refractivity contribution >= 4 is 56.5 Å². The third-order valence-corrected chi connectivity index (χ3v) is 4.62. The highest BCUT2D eigenvalue weighted by atomic mass is 35.5. The van der Waals surface area contributed by atoms with Crippen LogP contribution in [0.4, 0.5) is 0 Å². The summed E-state index contributed by atoms with van der Waals surface area (Å²) in [7, 11) is -3.94. The molecule has 0 bridgehead atoms. The zero-order chi connectivity index (χ0) is 15.6. The highest BCUT2D eigenvalue weighted by Crippen LogP contribution is 2.27. The molecule has 0 N–H and O–H groups in total. The Hall–Kier alpha value is -0.720. The van der Waals surface area contributed by atoms with Crippen LogP contribution in [0.1, 0.15) is 5.56 Å². The predicted molar refractivity (Wildman–Crippen MR) is 84.0 cm³/mol. The lowest BCUT2D eigenvalue weighted by molar-refractivity contribution is 0.475. The molecule has 0 fully saturated rings. The SMILES string of the molecule is O=S(=O)(Cc1ccc(Cl)c(Cl)c1)Oc1ncc(Cl)cc1Cl. The number of nitrogens with zero attached hydrogens (tertiary/aromatic N) is 1. The lowest BCUT2D eigenvalue weighted by Gasteiger charge is -2.08. The second-order valence-corrected chi connectivity index (χ2v) is 7.20. The summed E-state index contributed by atoms with van der Waals surface area (Å²) in [5.74, 6) is -0.633. The molecule has 9 heteroatoms. The first-order valence-electron chi connectivity index (χ1n) is 5.44. The predicted octanol–water partition coefficient (Wildman–Crippen LogP) is 4.60. The van der Waals surface area contributed by atoms with Crippen molar-refractivity contribution in [1.29, 1.82) is 0 Å². The van der Waals surface area contributed by atoms with E-state index in [1.165, 1.54) is 30.5 Å². The maximum Gasteiger partial charge on any atom is 0.314 e. The van der Waals surface area contributed by atoms with Gasteiger partial charge in [-0.25, -0.2) is 4.98 Å². The number of halogens is 4. The van der Waals surface area contributed by atoms with E-state index in [0.29, 0.717) is 10.6 Å². The van der Waals surface area contributed by atoms with Crippen LogP contribution in [0.15, 0.2) is 30.5 Å². The van der Waals surface area contributed by atoms with Gasteiger partial charge < -0.3 is 4.18 Å². The molecule has 0 saturated carbocycles. The Morgan fingerprint density at radius 3 is 2.33 bits per heavy atom. The standard InChI is InChI=1S/C12H7Cl4NO3S/c13-8-4-11(16)12(17-5-8)20-21(18,19)6-7-1-2-9(14)10(15)3-7/h1-5H,6H2. The molecule has 0 aliphatic rings. The molecule has 0 amide bonds. The van der Waals surface area contributed by atoms with E-state index in [1.807, 2.05) is 0 Å². The Kier molecular flexibility index (Phi) is 5.22. The normalized spacial score (nSPS) is 11.4. The minimum atomic E-state index is -3.94. The molecule has 112 valence electrons. The van der Waals surface area contributed by atoms with Crippen LogP contribution in [-0.4, -0.2) is 13.4 Å². The van der Waals surface area contributed by atoms with Gasteiger partial charge in [0.15, 0.2) is 0 Å².